The zero-order chi connectivity index (χ0) is 22.8. The summed E-state index contributed by atoms with van der Waals surface area (Å²) in [5.74, 6) is 2.58. The van der Waals surface area contributed by atoms with Crippen LogP contribution in [0.1, 0.15) is 119 Å². The van der Waals surface area contributed by atoms with E-state index in [2.05, 4.69) is 70.2 Å². The van der Waals surface area contributed by atoms with Gasteiger partial charge in [-0.25, -0.2) is 0 Å². The van der Waals surface area contributed by atoms with E-state index in [9.17, 15) is 0 Å². The summed E-state index contributed by atoms with van der Waals surface area (Å²) >= 11 is 0. The molecule has 1 unspecified atom stereocenters. The van der Waals surface area contributed by atoms with Crippen molar-refractivity contribution in [2.75, 3.05) is 0 Å². The van der Waals surface area contributed by atoms with Gasteiger partial charge in [0.2, 0.25) is 0 Å². The van der Waals surface area contributed by atoms with Gasteiger partial charge in [-0.3, -0.25) is 0 Å². The lowest BCUT2D eigenvalue weighted by atomic mass is 9.76. The van der Waals surface area contributed by atoms with Gasteiger partial charge in [-0.05, 0) is 97.4 Å². The highest BCUT2D eigenvalue weighted by Gasteiger charge is 2.22. The zero-order valence-corrected chi connectivity index (χ0v) is 21.5. The molecule has 1 atom stereocenters. The Morgan fingerprint density at radius 3 is 2.22 bits per heavy atom. The van der Waals surface area contributed by atoms with Crippen molar-refractivity contribution >= 4 is 0 Å². The second-order valence-corrected chi connectivity index (χ2v) is 10.8. The maximum atomic E-state index is 2.52. The van der Waals surface area contributed by atoms with Crippen molar-refractivity contribution in [2.24, 2.45) is 11.8 Å². The molecule has 1 aliphatic rings. The lowest BCUT2D eigenvalue weighted by Gasteiger charge is -2.29. The van der Waals surface area contributed by atoms with E-state index in [0.29, 0.717) is 0 Å². The van der Waals surface area contributed by atoms with E-state index in [1.807, 2.05) is 0 Å². The van der Waals surface area contributed by atoms with E-state index < -0.39 is 0 Å². The molecule has 176 valence electrons. The number of hydrogen-bond acceptors (Lipinski definition) is 0. The SMILES string of the molecule is CCCCC[C@H]1CC[C@H](c2ccc(CCc3ccccc3CC(C)CCC)c(C)c2)CC1. The molecule has 0 N–H and O–H groups in total. The van der Waals surface area contributed by atoms with Crippen LogP contribution >= 0.6 is 0 Å². The molecule has 1 saturated carbocycles. The Morgan fingerprint density at radius 2 is 1.53 bits per heavy atom. The van der Waals surface area contributed by atoms with Crippen molar-refractivity contribution < 1.29 is 0 Å². The number of unbranched alkanes of at least 4 members (excludes halogenated alkanes) is 2. The molecule has 0 radical (unpaired) electrons. The van der Waals surface area contributed by atoms with Crippen LogP contribution in [-0.4, -0.2) is 0 Å². The first-order valence-electron chi connectivity index (χ1n) is 13.8. The van der Waals surface area contributed by atoms with Crippen LogP contribution < -0.4 is 0 Å². The van der Waals surface area contributed by atoms with Crippen LogP contribution in [0.4, 0.5) is 0 Å². The average Bonchev–Trinajstić information content (AvgIpc) is 2.80. The van der Waals surface area contributed by atoms with E-state index in [1.54, 1.807) is 22.3 Å². The van der Waals surface area contributed by atoms with Gasteiger partial charge in [0.05, 0.1) is 0 Å². The predicted octanol–water partition coefficient (Wildman–Crippen LogP) is 9.61. The Labute approximate surface area is 199 Å². The minimum atomic E-state index is 0.781. The fourth-order valence-corrected chi connectivity index (χ4v) is 5.96. The molecule has 2 aromatic carbocycles. The smallest absolute Gasteiger partial charge is 0.0162 e. The van der Waals surface area contributed by atoms with Gasteiger partial charge in [0, 0.05) is 0 Å². The second-order valence-electron chi connectivity index (χ2n) is 10.8. The first kappa shape index (κ1) is 25.1. The van der Waals surface area contributed by atoms with Crippen LogP contribution in [0.25, 0.3) is 0 Å². The topological polar surface area (TPSA) is 0 Å². The van der Waals surface area contributed by atoms with Crippen molar-refractivity contribution in [3.8, 4) is 0 Å². The van der Waals surface area contributed by atoms with Crippen LogP contribution in [0.5, 0.6) is 0 Å². The van der Waals surface area contributed by atoms with Crippen molar-refractivity contribution in [3.63, 3.8) is 0 Å². The Kier molecular flexibility index (Phi) is 10.4. The van der Waals surface area contributed by atoms with E-state index in [0.717, 1.165) is 30.6 Å². The molecule has 0 nitrogen and oxygen atoms in total. The first-order chi connectivity index (χ1) is 15.6. The third kappa shape index (κ3) is 7.50. The molecule has 32 heavy (non-hydrogen) atoms. The predicted molar refractivity (Wildman–Crippen MR) is 142 cm³/mol. The third-order valence-electron chi connectivity index (χ3n) is 8.03. The minimum Gasteiger partial charge on any atom is -0.0654 e. The van der Waals surface area contributed by atoms with E-state index in [4.69, 9.17) is 0 Å². The molecular formula is C32H48. The van der Waals surface area contributed by atoms with Crippen LogP contribution in [-0.2, 0) is 19.3 Å². The maximum Gasteiger partial charge on any atom is -0.0162 e. The number of aryl methyl sites for hydroxylation is 3. The highest BCUT2D eigenvalue weighted by atomic mass is 14.3. The molecule has 0 bridgehead atoms. The number of rotatable bonds is 12. The highest BCUT2D eigenvalue weighted by molar-refractivity contribution is 5.35. The molecule has 0 heteroatoms. The van der Waals surface area contributed by atoms with Gasteiger partial charge < -0.3 is 0 Å². The molecule has 0 heterocycles. The Bertz CT molecular complexity index is 793. The lowest BCUT2D eigenvalue weighted by molar-refractivity contribution is 0.302. The lowest BCUT2D eigenvalue weighted by Crippen LogP contribution is -2.13. The quantitative estimate of drug-likeness (QED) is 0.293. The monoisotopic (exact) mass is 432 g/mol. The number of hydrogen-bond donors (Lipinski definition) is 0. The Balaban J connectivity index is 1.54. The molecular weight excluding hydrogens is 384 g/mol. The summed E-state index contributed by atoms with van der Waals surface area (Å²) < 4.78 is 0. The van der Waals surface area contributed by atoms with Gasteiger partial charge in [-0.2, -0.15) is 0 Å². The van der Waals surface area contributed by atoms with Gasteiger partial charge in [-0.1, -0.05) is 102 Å². The van der Waals surface area contributed by atoms with E-state index in [-0.39, 0.29) is 0 Å². The second kappa shape index (κ2) is 13.2. The first-order valence-corrected chi connectivity index (χ1v) is 13.8. The Morgan fingerprint density at radius 1 is 0.812 bits per heavy atom. The molecule has 1 aliphatic carbocycles. The van der Waals surface area contributed by atoms with Crippen LogP contribution in [0.2, 0.25) is 0 Å². The van der Waals surface area contributed by atoms with Crippen LogP contribution in [0.15, 0.2) is 42.5 Å². The molecule has 0 aliphatic heterocycles. The molecule has 0 aromatic heterocycles. The van der Waals surface area contributed by atoms with E-state index in [1.165, 1.54) is 76.2 Å². The normalized spacial score (nSPS) is 19.8. The summed E-state index contributed by atoms with van der Waals surface area (Å²) in [6.07, 6.45) is 17.6. The molecule has 0 amide bonds. The van der Waals surface area contributed by atoms with Crippen molar-refractivity contribution in [1.29, 1.82) is 0 Å². The molecule has 0 spiro atoms. The van der Waals surface area contributed by atoms with Gasteiger partial charge in [-0.15, -0.1) is 0 Å². The average molecular weight is 433 g/mol. The maximum absolute atomic E-state index is 2.52. The fourth-order valence-electron chi connectivity index (χ4n) is 5.96. The van der Waals surface area contributed by atoms with Gasteiger partial charge >= 0.3 is 0 Å². The van der Waals surface area contributed by atoms with Crippen molar-refractivity contribution in [3.05, 3.63) is 70.3 Å². The largest absolute Gasteiger partial charge is 0.0654 e. The van der Waals surface area contributed by atoms with Gasteiger partial charge in [0.15, 0.2) is 0 Å². The van der Waals surface area contributed by atoms with Gasteiger partial charge in [0.1, 0.15) is 0 Å². The summed E-state index contributed by atoms with van der Waals surface area (Å²) in [5, 5.41) is 0. The summed E-state index contributed by atoms with van der Waals surface area (Å²) in [5.41, 5.74) is 7.77. The Hall–Kier alpha value is -1.56. The summed E-state index contributed by atoms with van der Waals surface area (Å²) in [7, 11) is 0. The molecule has 0 saturated heterocycles. The molecule has 3 rings (SSSR count). The zero-order valence-electron chi connectivity index (χ0n) is 21.5. The van der Waals surface area contributed by atoms with Crippen LogP contribution in [0, 0.1) is 18.8 Å². The van der Waals surface area contributed by atoms with Crippen molar-refractivity contribution in [1.82, 2.24) is 0 Å². The van der Waals surface area contributed by atoms with Gasteiger partial charge in [0.25, 0.3) is 0 Å². The summed E-state index contributed by atoms with van der Waals surface area (Å²) in [4.78, 5) is 0. The van der Waals surface area contributed by atoms with Crippen molar-refractivity contribution in [2.45, 2.75) is 117 Å². The standard InChI is InChI=1S/C32H48/c1-5-7-8-12-27-15-17-30(18-16-27)32-22-20-28(26(4)24-32)19-21-29-13-9-10-14-31(29)23-25(3)11-6-2/h9-10,13-14,20,22,24-25,27,30H,5-8,11-12,15-19,21,23H2,1-4H3/t25?,27-,30-. The highest BCUT2D eigenvalue weighted by Crippen LogP contribution is 2.38. The third-order valence-corrected chi connectivity index (χ3v) is 8.03. The molecule has 1 fully saturated rings. The minimum absolute atomic E-state index is 0.781. The fraction of sp³-hybridized carbons (Fsp3) is 0.625. The summed E-state index contributed by atoms with van der Waals surface area (Å²) in [6.45, 7) is 9.36. The summed E-state index contributed by atoms with van der Waals surface area (Å²) in [6, 6.07) is 16.6. The van der Waals surface area contributed by atoms with E-state index >= 15 is 0 Å². The number of benzene rings is 2. The van der Waals surface area contributed by atoms with Crippen LogP contribution in [0.3, 0.4) is 0 Å². The molecule has 2 aromatic rings.